The van der Waals surface area contributed by atoms with Crippen LogP contribution in [0.5, 0.6) is 0 Å². The van der Waals surface area contributed by atoms with Gasteiger partial charge in [-0.25, -0.2) is 0 Å². The molecule has 0 aliphatic rings. The Morgan fingerprint density at radius 1 is 1.36 bits per heavy atom. The first kappa shape index (κ1) is 10.4. The number of para-hydroxylation sites is 1. The van der Waals surface area contributed by atoms with E-state index in [1.165, 1.54) is 6.92 Å². The lowest BCUT2D eigenvalue weighted by Gasteiger charge is -2.01. The number of nitrogens with zero attached hydrogens (tertiary/aromatic N) is 1. The Morgan fingerprint density at radius 3 is 2.50 bits per heavy atom. The maximum Gasteiger partial charge on any atom is 0.175 e. The van der Waals surface area contributed by atoms with Crippen molar-refractivity contribution >= 4 is 17.2 Å². The number of rotatable bonds is 4. The molecule has 0 unspecified atom stereocenters. The number of nitrogens with one attached hydrogen (secondary N) is 1. The molecule has 3 heteroatoms. The van der Waals surface area contributed by atoms with Crippen molar-refractivity contribution in [2.24, 2.45) is 5.10 Å². The van der Waals surface area contributed by atoms with E-state index < -0.39 is 0 Å². The summed E-state index contributed by atoms with van der Waals surface area (Å²) in [6.45, 7) is 3.43. The molecule has 0 aromatic heterocycles. The Labute approximate surface area is 83.8 Å². The molecule has 1 rings (SSSR count). The molecule has 0 saturated carbocycles. The van der Waals surface area contributed by atoms with Crippen LogP contribution in [0.25, 0.3) is 0 Å². The number of ketones is 1. The van der Waals surface area contributed by atoms with Crippen molar-refractivity contribution in [3.8, 4) is 0 Å². The van der Waals surface area contributed by atoms with E-state index in [4.69, 9.17) is 0 Å². The number of carbonyl (C=O) groups excluding carboxylic acids is 1. The molecule has 14 heavy (non-hydrogen) atoms. The zero-order valence-corrected chi connectivity index (χ0v) is 8.45. The first-order valence-electron chi connectivity index (χ1n) is 4.62. The lowest BCUT2D eigenvalue weighted by molar-refractivity contribution is -0.111. The number of anilines is 1. The molecule has 0 aliphatic carbocycles. The highest BCUT2D eigenvalue weighted by Crippen LogP contribution is 2.04. The van der Waals surface area contributed by atoms with Crippen LogP contribution < -0.4 is 5.43 Å². The number of hydrazone groups is 1. The molecular formula is C11H14N2O. The Balaban J connectivity index is 2.66. The van der Waals surface area contributed by atoms with Gasteiger partial charge in [0.25, 0.3) is 0 Å². The summed E-state index contributed by atoms with van der Waals surface area (Å²) in [5.74, 6) is 0.0101. The highest BCUT2D eigenvalue weighted by atomic mass is 16.1. The molecule has 3 nitrogen and oxygen atoms in total. The lowest BCUT2D eigenvalue weighted by Crippen LogP contribution is -2.10. The monoisotopic (exact) mass is 190 g/mol. The van der Waals surface area contributed by atoms with Gasteiger partial charge in [-0.3, -0.25) is 10.2 Å². The molecule has 0 aliphatic heterocycles. The van der Waals surface area contributed by atoms with Crippen molar-refractivity contribution in [1.82, 2.24) is 0 Å². The summed E-state index contributed by atoms with van der Waals surface area (Å²) in [7, 11) is 0. The summed E-state index contributed by atoms with van der Waals surface area (Å²) in [6.07, 6.45) is 0.648. The van der Waals surface area contributed by atoms with E-state index in [1.807, 2.05) is 37.3 Å². The Kier molecular flexibility index (Phi) is 3.85. The van der Waals surface area contributed by atoms with Crippen LogP contribution in [0.1, 0.15) is 20.3 Å². The highest BCUT2D eigenvalue weighted by molar-refractivity contribution is 6.38. The molecule has 0 bridgehead atoms. The van der Waals surface area contributed by atoms with Crippen molar-refractivity contribution in [2.45, 2.75) is 20.3 Å². The smallest absolute Gasteiger partial charge is 0.175 e. The molecule has 1 aromatic rings. The van der Waals surface area contributed by atoms with Gasteiger partial charge in [0.15, 0.2) is 5.78 Å². The van der Waals surface area contributed by atoms with Gasteiger partial charge in [0.05, 0.1) is 5.69 Å². The van der Waals surface area contributed by atoms with Crippen molar-refractivity contribution in [3.63, 3.8) is 0 Å². The van der Waals surface area contributed by atoms with Gasteiger partial charge in [0, 0.05) is 6.92 Å². The van der Waals surface area contributed by atoms with E-state index in [9.17, 15) is 4.79 Å². The van der Waals surface area contributed by atoms with Crippen molar-refractivity contribution < 1.29 is 4.79 Å². The number of hydrogen-bond donors (Lipinski definition) is 1. The summed E-state index contributed by atoms with van der Waals surface area (Å²) in [5, 5.41) is 4.03. The predicted octanol–water partition coefficient (Wildman–Crippen LogP) is 2.45. The SMILES string of the molecule is CC/C(=N/Nc1ccccc1)C(C)=O. The molecule has 0 amide bonds. The van der Waals surface area contributed by atoms with E-state index in [2.05, 4.69) is 10.5 Å². The standard InChI is InChI=1S/C11H14N2O/c1-3-11(9(2)14)13-12-10-7-5-4-6-8-10/h4-8,12H,3H2,1-2H3/b13-11-. The summed E-state index contributed by atoms with van der Waals surface area (Å²) < 4.78 is 0. The lowest BCUT2D eigenvalue weighted by atomic mass is 10.2. The number of carbonyl (C=O) groups is 1. The minimum absolute atomic E-state index is 0.0101. The molecule has 0 radical (unpaired) electrons. The maximum atomic E-state index is 11.0. The van der Waals surface area contributed by atoms with E-state index in [-0.39, 0.29) is 5.78 Å². The van der Waals surface area contributed by atoms with Gasteiger partial charge < -0.3 is 0 Å². The molecule has 0 saturated heterocycles. The largest absolute Gasteiger partial charge is 0.293 e. The molecule has 1 aromatic carbocycles. The molecule has 1 N–H and O–H groups in total. The second-order valence-electron chi connectivity index (χ2n) is 2.95. The highest BCUT2D eigenvalue weighted by Gasteiger charge is 2.01. The second-order valence-corrected chi connectivity index (χ2v) is 2.95. The quantitative estimate of drug-likeness (QED) is 0.585. The van der Waals surface area contributed by atoms with Crippen LogP contribution in [0.2, 0.25) is 0 Å². The number of hydrogen-bond acceptors (Lipinski definition) is 3. The first-order chi connectivity index (χ1) is 6.74. The van der Waals surface area contributed by atoms with Crippen LogP contribution >= 0.6 is 0 Å². The zero-order valence-electron chi connectivity index (χ0n) is 8.45. The Hall–Kier alpha value is -1.64. The maximum absolute atomic E-state index is 11.0. The Morgan fingerprint density at radius 2 is 2.00 bits per heavy atom. The molecule has 0 heterocycles. The van der Waals surface area contributed by atoms with Gasteiger partial charge >= 0.3 is 0 Å². The fourth-order valence-corrected chi connectivity index (χ4v) is 1.05. The molecular weight excluding hydrogens is 176 g/mol. The van der Waals surface area contributed by atoms with Crippen LogP contribution in [0, 0.1) is 0 Å². The summed E-state index contributed by atoms with van der Waals surface area (Å²) >= 11 is 0. The van der Waals surface area contributed by atoms with Gasteiger partial charge in [-0.15, -0.1) is 0 Å². The third-order valence-corrected chi connectivity index (χ3v) is 1.84. The molecule has 0 fully saturated rings. The first-order valence-corrected chi connectivity index (χ1v) is 4.62. The van der Waals surface area contributed by atoms with Gasteiger partial charge in [-0.05, 0) is 18.6 Å². The zero-order chi connectivity index (χ0) is 10.4. The topological polar surface area (TPSA) is 41.5 Å². The summed E-state index contributed by atoms with van der Waals surface area (Å²) in [6, 6.07) is 9.56. The van der Waals surface area contributed by atoms with Gasteiger partial charge in [0.1, 0.15) is 5.71 Å². The molecule has 0 atom stereocenters. The van der Waals surface area contributed by atoms with Crippen LogP contribution in [0.3, 0.4) is 0 Å². The number of Topliss-reactive ketones (excluding diaryl/α,β-unsaturated/α-hetero) is 1. The van der Waals surface area contributed by atoms with Gasteiger partial charge in [-0.1, -0.05) is 25.1 Å². The van der Waals surface area contributed by atoms with Gasteiger partial charge in [0.2, 0.25) is 0 Å². The van der Waals surface area contributed by atoms with E-state index in [0.29, 0.717) is 12.1 Å². The Bertz CT molecular complexity index is 330. The third-order valence-electron chi connectivity index (χ3n) is 1.84. The number of benzene rings is 1. The fraction of sp³-hybridized carbons (Fsp3) is 0.273. The average molecular weight is 190 g/mol. The average Bonchev–Trinajstić information content (AvgIpc) is 2.20. The van der Waals surface area contributed by atoms with E-state index in [0.717, 1.165) is 5.69 Å². The van der Waals surface area contributed by atoms with E-state index in [1.54, 1.807) is 0 Å². The molecule has 0 spiro atoms. The normalized spacial score (nSPS) is 11.1. The van der Waals surface area contributed by atoms with Crippen molar-refractivity contribution in [1.29, 1.82) is 0 Å². The van der Waals surface area contributed by atoms with Crippen LogP contribution in [0.4, 0.5) is 5.69 Å². The minimum Gasteiger partial charge on any atom is -0.293 e. The van der Waals surface area contributed by atoms with Gasteiger partial charge in [-0.2, -0.15) is 5.10 Å². The van der Waals surface area contributed by atoms with Crippen molar-refractivity contribution in [2.75, 3.05) is 5.43 Å². The van der Waals surface area contributed by atoms with E-state index >= 15 is 0 Å². The van der Waals surface area contributed by atoms with Crippen LogP contribution in [-0.4, -0.2) is 11.5 Å². The second kappa shape index (κ2) is 5.17. The van der Waals surface area contributed by atoms with Crippen molar-refractivity contribution in [3.05, 3.63) is 30.3 Å². The summed E-state index contributed by atoms with van der Waals surface area (Å²) in [5.41, 5.74) is 4.30. The molecule has 74 valence electrons. The summed E-state index contributed by atoms with van der Waals surface area (Å²) in [4.78, 5) is 11.0. The fourth-order valence-electron chi connectivity index (χ4n) is 1.05. The van der Waals surface area contributed by atoms with Crippen LogP contribution in [0.15, 0.2) is 35.4 Å². The third kappa shape index (κ3) is 3.01. The predicted molar refractivity (Wildman–Crippen MR) is 58.5 cm³/mol. The van der Waals surface area contributed by atoms with Crippen LogP contribution in [-0.2, 0) is 4.79 Å². The minimum atomic E-state index is 0.0101.